The number of unbranched alkanes of at least 4 members (excludes halogenated alkanes) is 1. The largest absolute Gasteiger partial charge is 0.356 e. The number of benzene rings is 1. The molecule has 0 radical (unpaired) electrons. The third kappa shape index (κ3) is 2.71. The van der Waals surface area contributed by atoms with Crippen LogP contribution >= 0.6 is 11.3 Å². The van der Waals surface area contributed by atoms with Crippen LogP contribution in [0.1, 0.15) is 60.0 Å². The maximum absolute atomic E-state index is 13.7. The Labute approximate surface area is 174 Å². The van der Waals surface area contributed by atoms with Gasteiger partial charge in [-0.25, -0.2) is 0 Å². The monoisotopic (exact) mass is 406 g/mol. The van der Waals surface area contributed by atoms with Crippen LogP contribution in [-0.4, -0.2) is 28.1 Å². The van der Waals surface area contributed by atoms with Crippen molar-refractivity contribution in [1.29, 1.82) is 0 Å². The Morgan fingerprint density at radius 1 is 1.24 bits per heavy atom. The van der Waals surface area contributed by atoms with E-state index >= 15 is 0 Å². The summed E-state index contributed by atoms with van der Waals surface area (Å²) in [6.07, 6.45) is 4.80. The highest BCUT2D eigenvalue weighted by Gasteiger charge is 2.56. The van der Waals surface area contributed by atoms with Gasteiger partial charge < -0.3 is 9.88 Å². The molecule has 4 nitrogen and oxygen atoms in total. The molecule has 5 rings (SSSR count). The number of rotatable bonds is 5. The van der Waals surface area contributed by atoms with E-state index in [-0.39, 0.29) is 17.6 Å². The highest BCUT2D eigenvalue weighted by atomic mass is 32.1. The molecule has 1 amide bonds. The second kappa shape index (κ2) is 7.13. The number of hydrogen-bond donors (Lipinski definition) is 1. The van der Waals surface area contributed by atoms with Crippen LogP contribution in [0.4, 0.5) is 0 Å². The van der Waals surface area contributed by atoms with Crippen LogP contribution in [0.3, 0.4) is 0 Å². The highest BCUT2D eigenvalue weighted by Crippen LogP contribution is 2.51. The number of carbonyl (C=O) groups excluding carboxylic acids is 2. The van der Waals surface area contributed by atoms with Crippen molar-refractivity contribution in [2.45, 2.75) is 51.0 Å². The summed E-state index contributed by atoms with van der Waals surface area (Å²) in [5.41, 5.74) is 2.96. The molecule has 1 saturated heterocycles. The standard InChI is InChI=1S/C24H26N2O2S/c1-2-3-13-24-18(22(28)20-9-6-15-29-20)10-11-21(27)26(24)14-12-17-16-7-4-5-8-19(16)25-23(17)24/h4-9,15,18,25H,2-3,10-14H2,1H3/t18-,24+/m0/s1. The molecule has 29 heavy (non-hydrogen) atoms. The number of Topliss-reactive ketones (excluding diaryl/α,β-unsaturated/α-hetero) is 1. The summed E-state index contributed by atoms with van der Waals surface area (Å²) in [4.78, 5) is 33.3. The molecule has 0 spiro atoms. The van der Waals surface area contributed by atoms with E-state index in [1.165, 1.54) is 22.3 Å². The summed E-state index contributed by atoms with van der Waals surface area (Å²) in [6.45, 7) is 2.88. The number of nitrogens with zero attached hydrogens (tertiary/aromatic N) is 1. The molecule has 1 fully saturated rings. The minimum Gasteiger partial charge on any atom is -0.356 e. The van der Waals surface area contributed by atoms with Gasteiger partial charge in [0.05, 0.1) is 16.3 Å². The van der Waals surface area contributed by atoms with Crippen molar-refractivity contribution in [3.8, 4) is 0 Å². The van der Waals surface area contributed by atoms with Gasteiger partial charge in [0.25, 0.3) is 0 Å². The maximum Gasteiger partial charge on any atom is 0.223 e. The fourth-order valence-electron chi connectivity index (χ4n) is 5.56. The molecule has 0 bridgehead atoms. The molecule has 1 aromatic carbocycles. The number of ketones is 1. The lowest BCUT2D eigenvalue weighted by molar-refractivity contribution is -0.148. The number of fused-ring (bicyclic) bond motifs is 5. The zero-order valence-corrected chi connectivity index (χ0v) is 17.6. The first-order valence-electron chi connectivity index (χ1n) is 10.6. The quantitative estimate of drug-likeness (QED) is 0.585. The first-order valence-corrected chi connectivity index (χ1v) is 11.5. The van der Waals surface area contributed by atoms with Gasteiger partial charge in [-0.3, -0.25) is 9.59 Å². The van der Waals surface area contributed by atoms with E-state index in [1.54, 1.807) is 0 Å². The van der Waals surface area contributed by atoms with E-state index in [2.05, 4.69) is 35.0 Å². The number of aromatic amines is 1. The Kier molecular flexibility index (Phi) is 4.58. The molecule has 0 unspecified atom stereocenters. The number of nitrogens with one attached hydrogen (secondary N) is 1. The number of hydrogen-bond acceptors (Lipinski definition) is 3. The molecule has 0 saturated carbocycles. The van der Waals surface area contributed by atoms with Crippen molar-refractivity contribution in [3.63, 3.8) is 0 Å². The van der Waals surface area contributed by atoms with Gasteiger partial charge in [0.1, 0.15) is 0 Å². The molecule has 5 heteroatoms. The minimum atomic E-state index is -0.557. The van der Waals surface area contributed by atoms with Crippen LogP contribution in [-0.2, 0) is 16.8 Å². The molecule has 150 valence electrons. The lowest BCUT2D eigenvalue weighted by atomic mass is 9.66. The summed E-state index contributed by atoms with van der Waals surface area (Å²) < 4.78 is 0. The average molecular weight is 407 g/mol. The van der Waals surface area contributed by atoms with Gasteiger partial charge in [-0.2, -0.15) is 0 Å². The van der Waals surface area contributed by atoms with Crippen molar-refractivity contribution < 1.29 is 9.59 Å². The van der Waals surface area contributed by atoms with E-state index in [4.69, 9.17) is 0 Å². The molecule has 3 aromatic rings. The summed E-state index contributed by atoms with van der Waals surface area (Å²) in [7, 11) is 0. The van der Waals surface area contributed by atoms with Crippen molar-refractivity contribution in [2.24, 2.45) is 5.92 Å². The van der Waals surface area contributed by atoms with E-state index in [0.717, 1.165) is 41.8 Å². The van der Waals surface area contributed by atoms with E-state index in [0.29, 0.717) is 19.4 Å². The fourth-order valence-corrected chi connectivity index (χ4v) is 6.28. The van der Waals surface area contributed by atoms with E-state index in [9.17, 15) is 9.59 Å². The van der Waals surface area contributed by atoms with Gasteiger partial charge in [-0.1, -0.05) is 44.0 Å². The summed E-state index contributed by atoms with van der Waals surface area (Å²) in [6, 6.07) is 12.2. The molecule has 0 aliphatic carbocycles. The molecule has 2 atom stereocenters. The Morgan fingerprint density at radius 3 is 2.90 bits per heavy atom. The number of aromatic nitrogens is 1. The number of H-pyrrole nitrogens is 1. The predicted molar refractivity (Wildman–Crippen MR) is 116 cm³/mol. The van der Waals surface area contributed by atoms with Gasteiger partial charge in [0.2, 0.25) is 5.91 Å². The Bertz CT molecular complexity index is 1070. The lowest BCUT2D eigenvalue weighted by Crippen LogP contribution is -2.61. The molecule has 1 N–H and O–H groups in total. The smallest absolute Gasteiger partial charge is 0.223 e. The van der Waals surface area contributed by atoms with E-state index in [1.807, 2.05) is 23.6 Å². The van der Waals surface area contributed by atoms with Gasteiger partial charge in [0.15, 0.2) is 5.78 Å². The topological polar surface area (TPSA) is 53.2 Å². The van der Waals surface area contributed by atoms with Gasteiger partial charge in [-0.15, -0.1) is 11.3 Å². The van der Waals surface area contributed by atoms with Crippen LogP contribution in [0.15, 0.2) is 41.8 Å². The molecule has 2 aliphatic heterocycles. The number of thiophene rings is 1. The number of carbonyl (C=O) groups is 2. The first-order chi connectivity index (χ1) is 14.2. The zero-order chi connectivity index (χ0) is 20.0. The second-order valence-corrected chi connectivity index (χ2v) is 9.23. The lowest BCUT2D eigenvalue weighted by Gasteiger charge is -2.54. The summed E-state index contributed by atoms with van der Waals surface area (Å²) in [5, 5.41) is 3.20. The maximum atomic E-state index is 13.7. The molecular formula is C24H26N2O2S. The van der Waals surface area contributed by atoms with Gasteiger partial charge in [-0.05, 0) is 42.3 Å². The van der Waals surface area contributed by atoms with Crippen molar-refractivity contribution >= 4 is 33.9 Å². The van der Waals surface area contributed by atoms with Gasteiger partial charge in [0, 0.05) is 29.6 Å². The van der Waals surface area contributed by atoms with Crippen molar-refractivity contribution in [2.75, 3.05) is 6.54 Å². The van der Waals surface area contributed by atoms with Crippen LogP contribution in [0.5, 0.6) is 0 Å². The first kappa shape index (κ1) is 18.6. The Balaban J connectivity index is 1.74. The highest BCUT2D eigenvalue weighted by molar-refractivity contribution is 7.12. The summed E-state index contributed by atoms with van der Waals surface area (Å²) in [5.74, 6) is 0.193. The number of para-hydroxylation sites is 1. The van der Waals surface area contributed by atoms with Crippen LogP contribution in [0.2, 0.25) is 0 Å². The van der Waals surface area contributed by atoms with Gasteiger partial charge >= 0.3 is 0 Å². The van der Waals surface area contributed by atoms with E-state index < -0.39 is 5.54 Å². The average Bonchev–Trinajstić information content (AvgIpc) is 3.40. The second-order valence-electron chi connectivity index (χ2n) is 8.28. The van der Waals surface area contributed by atoms with Crippen LogP contribution in [0, 0.1) is 5.92 Å². The molecule has 2 aromatic heterocycles. The molecular weight excluding hydrogens is 380 g/mol. The third-order valence-electron chi connectivity index (χ3n) is 6.83. The number of amides is 1. The van der Waals surface area contributed by atoms with Crippen molar-refractivity contribution in [1.82, 2.24) is 9.88 Å². The SMILES string of the molecule is CCCC[C@@]12c3[nH]c4ccccc4c3CCN1C(=O)CC[C@H]2C(=O)c1cccs1. The number of piperidine rings is 1. The predicted octanol–water partition coefficient (Wildman–Crippen LogP) is 5.29. The van der Waals surface area contributed by atoms with Crippen LogP contribution < -0.4 is 0 Å². The molecule has 4 heterocycles. The third-order valence-corrected chi connectivity index (χ3v) is 7.71. The Hall–Kier alpha value is -2.40. The summed E-state index contributed by atoms with van der Waals surface area (Å²) >= 11 is 1.51. The van der Waals surface area contributed by atoms with Crippen LogP contribution in [0.25, 0.3) is 10.9 Å². The zero-order valence-electron chi connectivity index (χ0n) is 16.7. The normalized spacial score (nSPS) is 23.8. The molecule has 2 aliphatic rings. The Morgan fingerprint density at radius 2 is 2.10 bits per heavy atom. The minimum absolute atomic E-state index is 0.195. The fraction of sp³-hybridized carbons (Fsp3) is 0.417. The van der Waals surface area contributed by atoms with Crippen molar-refractivity contribution in [3.05, 3.63) is 57.9 Å².